The lowest BCUT2D eigenvalue weighted by Gasteiger charge is -2.03. The Bertz CT molecular complexity index is 566. The summed E-state index contributed by atoms with van der Waals surface area (Å²) in [5.74, 6) is 0. The molecule has 1 aromatic heterocycles. The van der Waals surface area contributed by atoms with Gasteiger partial charge in [-0.3, -0.25) is 4.68 Å². The van der Waals surface area contributed by atoms with Crippen molar-refractivity contribution in [3.05, 3.63) is 34.8 Å². The molecule has 0 radical (unpaired) electrons. The molecule has 88 valence electrons. The van der Waals surface area contributed by atoms with Gasteiger partial charge in [-0.05, 0) is 18.6 Å². The number of unbranched alkanes of at least 4 members (excludes halogenated alkanes) is 2. The summed E-state index contributed by atoms with van der Waals surface area (Å²) in [5, 5.41) is 5.83. The van der Waals surface area contributed by atoms with Gasteiger partial charge in [0.05, 0.1) is 18.3 Å². The summed E-state index contributed by atoms with van der Waals surface area (Å²) < 4.78 is 1.96. The average Bonchev–Trinajstić information content (AvgIpc) is 2.71. The largest absolute Gasteiger partial charge is 0.265 e. The van der Waals surface area contributed by atoms with Crippen LogP contribution in [0.5, 0.6) is 0 Å². The molecule has 0 saturated heterocycles. The van der Waals surface area contributed by atoms with Crippen LogP contribution in [0.1, 0.15) is 26.2 Å². The maximum atomic E-state index is 7.02. The van der Waals surface area contributed by atoms with E-state index in [0.717, 1.165) is 23.9 Å². The van der Waals surface area contributed by atoms with Gasteiger partial charge < -0.3 is 0 Å². The monoisotopic (exact) mass is 247 g/mol. The van der Waals surface area contributed by atoms with Gasteiger partial charge in [0.1, 0.15) is 0 Å². The van der Waals surface area contributed by atoms with Crippen molar-refractivity contribution in [2.24, 2.45) is 0 Å². The van der Waals surface area contributed by atoms with Gasteiger partial charge in [0.2, 0.25) is 5.69 Å². The van der Waals surface area contributed by atoms with Crippen LogP contribution in [0.3, 0.4) is 0 Å². The van der Waals surface area contributed by atoms with Crippen molar-refractivity contribution in [1.29, 1.82) is 0 Å². The Morgan fingerprint density at radius 1 is 1.41 bits per heavy atom. The summed E-state index contributed by atoms with van der Waals surface area (Å²) in [4.78, 5) is 3.39. The highest BCUT2D eigenvalue weighted by Gasteiger charge is 2.07. The summed E-state index contributed by atoms with van der Waals surface area (Å²) in [6.45, 7) is 10.1. The molecule has 0 spiro atoms. The van der Waals surface area contributed by atoms with Crippen LogP contribution in [-0.2, 0) is 6.54 Å². The van der Waals surface area contributed by atoms with Crippen molar-refractivity contribution >= 4 is 28.2 Å². The molecule has 1 heterocycles. The summed E-state index contributed by atoms with van der Waals surface area (Å²) in [7, 11) is 0. The van der Waals surface area contributed by atoms with E-state index in [4.69, 9.17) is 18.2 Å². The molecular weight excluding hydrogens is 234 g/mol. The number of benzene rings is 1. The molecule has 1 aromatic carbocycles. The van der Waals surface area contributed by atoms with E-state index in [-0.39, 0.29) is 0 Å². The lowest BCUT2D eigenvalue weighted by molar-refractivity contribution is 0.567. The van der Waals surface area contributed by atoms with E-state index in [2.05, 4.69) is 16.9 Å². The zero-order valence-corrected chi connectivity index (χ0v) is 10.5. The van der Waals surface area contributed by atoms with E-state index >= 15 is 0 Å². The van der Waals surface area contributed by atoms with E-state index in [1.165, 1.54) is 12.8 Å². The SMILES string of the molecule is [C-]#[N+]c1cc2cnn(CCCCC)c2cc1Cl. The lowest BCUT2D eigenvalue weighted by Crippen LogP contribution is -1.99. The van der Waals surface area contributed by atoms with Crippen molar-refractivity contribution in [2.75, 3.05) is 0 Å². The minimum Gasteiger partial charge on any atom is -0.265 e. The zero-order chi connectivity index (χ0) is 12.3. The van der Waals surface area contributed by atoms with E-state index in [1.807, 2.05) is 10.7 Å². The quantitative estimate of drug-likeness (QED) is 0.579. The molecule has 0 saturated carbocycles. The number of fused-ring (bicyclic) bond motifs is 1. The van der Waals surface area contributed by atoms with Gasteiger partial charge in [-0.15, -0.1) is 0 Å². The summed E-state index contributed by atoms with van der Waals surface area (Å²) in [6, 6.07) is 3.64. The molecule has 17 heavy (non-hydrogen) atoms. The number of rotatable bonds is 4. The fourth-order valence-corrected chi connectivity index (χ4v) is 2.06. The standard InChI is InChI=1S/C13H14ClN3/c1-3-4-5-6-17-13-8-11(14)12(15-2)7-10(13)9-16-17/h7-9H,3-6H2,1H3. The fourth-order valence-electron chi connectivity index (χ4n) is 1.86. The Labute approximate surface area is 106 Å². The minimum absolute atomic E-state index is 0.493. The first-order valence-corrected chi connectivity index (χ1v) is 6.16. The second-order valence-electron chi connectivity index (χ2n) is 4.05. The molecule has 0 bridgehead atoms. The normalized spacial score (nSPS) is 10.6. The van der Waals surface area contributed by atoms with Crippen molar-refractivity contribution in [1.82, 2.24) is 9.78 Å². The summed E-state index contributed by atoms with van der Waals surface area (Å²) in [5.41, 5.74) is 1.51. The van der Waals surface area contributed by atoms with Gasteiger partial charge in [0, 0.05) is 17.0 Å². The molecule has 0 N–H and O–H groups in total. The third-order valence-electron chi connectivity index (χ3n) is 2.80. The van der Waals surface area contributed by atoms with Crippen LogP contribution >= 0.6 is 11.6 Å². The highest BCUT2D eigenvalue weighted by molar-refractivity contribution is 6.34. The third kappa shape index (κ3) is 2.42. The molecule has 0 amide bonds. The highest BCUT2D eigenvalue weighted by Crippen LogP contribution is 2.30. The zero-order valence-electron chi connectivity index (χ0n) is 9.78. The van der Waals surface area contributed by atoms with Crippen molar-refractivity contribution < 1.29 is 0 Å². The Kier molecular flexibility index (Phi) is 3.65. The second kappa shape index (κ2) is 5.20. The maximum absolute atomic E-state index is 7.02. The molecular formula is C13H14ClN3. The van der Waals surface area contributed by atoms with Crippen LogP contribution in [0.2, 0.25) is 5.02 Å². The lowest BCUT2D eigenvalue weighted by atomic mass is 10.2. The first-order chi connectivity index (χ1) is 8.26. The van der Waals surface area contributed by atoms with Gasteiger partial charge in [0.15, 0.2) is 0 Å². The Morgan fingerprint density at radius 2 is 2.24 bits per heavy atom. The molecule has 0 aliphatic rings. The van der Waals surface area contributed by atoms with Crippen LogP contribution < -0.4 is 0 Å². The molecule has 2 rings (SSSR count). The molecule has 0 aliphatic heterocycles. The number of halogens is 1. The first kappa shape index (κ1) is 11.9. The van der Waals surface area contributed by atoms with Gasteiger partial charge in [0.25, 0.3) is 0 Å². The van der Waals surface area contributed by atoms with Crippen LogP contribution in [0.4, 0.5) is 5.69 Å². The van der Waals surface area contributed by atoms with Gasteiger partial charge in [-0.2, -0.15) is 5.10 Å². The Morgan fingerprint density at radius 3 is 2.94 bits per heavy atom. The predicted molar refractivity (Wildman–Crippen MR) is 70.5 cm³/mol. The average molecular weight is 248 g/mol. The number of aromatic nitrogens is 2. The van der Waals surface area contributed by atoms with Gasteiger partial charge >= 0.3 is 0 Å². The number of nitrogens with zero attached hydrogens (tertiary/aromatic N) is 3. The molecule has 0 atom stereocenters. The van der Waals surface area contributed by atoms with Crippen LogP contribution in [0, 0.1) is 6.57 Å². The second-order valence-corrected chi connectivity index (χ2v) is 4.46. The Hall–Kier alpha value is -1.53. The van der Waals surface area contributed by atoms with Gasteiger partial charge in [-0.25, -0.2) is 4.85 Å². The topological polar surface area (TPSA) is 22.2 Å². The number of hydrogen-bond acceptors (Lipinski definition) is 1. The molecule has 3 nitrogen and oxygen atoms in total. The highest BCUT2D eigenvalue weighted by atomic mass is 35.5. The van der Waals surface area contributed by atoms with Gasteiger partial charge in [-0.1, -0.05) is 31.4 Å². The van der Waals surface area contributed by atoms with Crippen LogP contribution in [-0.4, -0.2) is 9.78 Å². The van der Waals surface area contributed by atoms with Crippen LogP contribution in [0.15, 0.2) is 18.3 Å². The molecule has 0 fully saturated rings. The van der Waals surface area contributed by atoms with Crippen molar-refractivity contribution in [2.45, 2.75) is 32.7 Å². The smallest absolute Gasteiger partial charge is 0.206 e. The van der Waals surface area contributed by atoms with E-state index in [9.17, 15) is 0 Å². The van der Waals surface area contributed by atoms with E-state index in [0.29, 0.717) is 10.7 Å². The van der Waals surface area contributed by atoms with Crippen molar-refractivity contribution in [3.8, 4) is 0 Å². The maximum Gasteiger partial charge on any atom is 0.206 e. The van der Waals surface area contributed by atoms with Crippen LogP contribution in [0.25, 0.3) is 15.7 Å². The molecule has 0 aliphatic carbocycles. The molecule has 4 heteroatoms. The Balaban J connectivity index is 2.34. The molecule has 0 unspecified atom stereocenters. The molecule has 2 aromatic rings. The fraction of sp³-hybridized carbons (Fsp3) is 0.385. The summed E-state index contributed by atoms with van der Waals surface area (Å²) in [6.07, 6.45) is 5.32. The third-order valence-corrected chi connectivity index (χ3v) is 3.11. The van der Waals surface area contributed by atoms with Crippen molar-refractivity contribution in [3.63, 3.8) is 0 Å². The predicted octanol–water partition coefficient (Wildman–Crippen LogP) is 4.43. The number of hydrogen-bond donors (Lipinski definition) is 0. The first-order valence-electron chi connectivity index (χ1n) is 5.78. The minimum atomic E-state index is 0.493. The number of aryl methyl sites for hydroxylation is 1. The van der Waals surface area contributed by atoms with E-state index in [1.54, 1.807) is 12.3 Å². The summed E-state index contributed by atoms with van der Waals surface area (Å²) >= 11 is 6.04. The van der Waals surface area contributed by atoms with E-state index < -0.39 is 0 Å².